The summed E-state index contributed by atoms with van der Waals surface area (Å²) in [6, 6.07) is 3.83. The summed E-state index contributed by atoms with van der Waals surface area (Å²) in [4.78, 5) is 27.5. The summed E-state index contributed by atoms with van der Waals surface area (Å²) in [5.74, 6) is -0.0616. The molecule has 23 heavy (non-hydrogen) atoms. The number of hydrogen-bond donors (Lipinski definition) is 0. The normalized spacial score (nSPS) is 10.5. The molecule has 0 spiro atoms. The molecule has 1 aromatic carbocycles. The molecule has 0 aromatic heterocycles. The number of amides is 2. The Hall–Kier alpha value is -1.55. The van der Waals surface area contributed by atoms with Crippen molar-refractivity contribution < 1.29 is 9.59 Å². The molecule has 0 saturated heterocycles. The van der Waals surface area contributed by atoms with Gasteiger partial charge in [-0.3, -0.25) is 9.59 Å². The molecule has 0 radical (unpaired) electrons. The Kier molecular flexibility index (Phi) is 7.56. The molecule has 0 aliphatic carbocycles. The van der Waals surface area contributed by atoms with Crippen LogP contribution < -0.4 is 4.90 Å². The molecular weight excluding hydrogens is 312 g/mol. The fourth-order valence-electron chi connectivity index (χ4n) is 2.59. The molecule has 0 aliphatic rings. The second-order valence-corrected chi connectivity index (χ2v) is 6.41. The highest BCUT2D eigenvalue weighted by Gasteiger charge is 2.19. The number of benzene rings is 1. The fourth-order valence-corrected chi connectivity index (χ4v) is 3.02. The van der Waals surface area contributed by atoms with Crippen molar-refractivity contribution in [3.8, 4) is 0 Å². The summed E-state index contributed by atoms with van der Waals surface area (Å²) >= 11 is 6.33. The molecule has 0 unspecified atom stereocenters. The fraction of sp³-hybridized carbons (Fsp3) is 0.556. The van der Waals surface area contributed by atoms with Crippen molar-refractivity contribution in [2.75, 3.05) is 25.0 Å². The van der Waals surface area contributed by atoms with Gasteiger partial charge in [0.15, 0.2) is 0 Å². The van der Waals surface area contributed by atoms with E-state index in [-0.39, 0.29) is 11.8 Å². The van der Waals surface area contributed by atoms with Crippen LogP contribution in [0.5, 0.6) is 0 Å². The van der Waals surface area contributed by atoms with E-state index in [4.69, 9.17) is 11.6 Å². The number of carbonyl (C=O) groups excluding carboxylic acids is 2. The van der Waals surface area contributed by atoms with Crippen LogP contribution in [0, 0.1) is 13.8 Å². The number of anilines is 1. The Morgan fingerprint density at radius 3 is 2.35 bits per heavy atom. The maximum Gasteiger partial charge on any atom is 0.224 e. The first-order chi connectivity index (χ1) is 10.8. The molecule has 0 bridgehead atoms. The molecule has 4 nitrogen and oxygen atoms in total. The molecule has 128 valence electrons. The van der Waals surface area contributed by atoms with Crippen molar-refractivity contribution in [1.29, 1.82) is 0 Å². The summed E-state index contributed by atoms with van der Waals surface area (Å²) in [7, 11) is 1.81. The molecular formula is C18H27ClN2O2. The van der Waals surface area contributed by atoms with Gasteiger partial charge >= 0.3 is 0 Å². The number of halogens is 1. The number of rotatable bonds is 7. The largest absolute Gasteiger partial charge is 0.346 e. The van der Waals surface area contributed by atoms with Crippen LogP contribution in [-0.2, 0) is 9.59 Å². The minimum absolute atomic E-state index is 0.0468. The third kappa shape index (κ3) is 5.54. The smallest absolute Gasteiger partial charge is 0.224 e. The first kappa shape index (κ1) is 19.5. The van der Waals surface area contributed by atoms with Gasteiger partial charge in [0.1, 0.15) is 0 Å². The van der Waals surface area contributed by atoms with Gasteiger partial charge in [-0.1, -0.05) is 31.0 Å². The van der Waals surface area contributed by atoms with Crippen molar-refractivity contribution in [1.82, 2.24) is 4.90 Å². The molecule has 2 amide bonds. The Labute approximate surface area is 144 Å². The van der Waals surface area contributed by atoms with E-state index in [1.54, 1.807) is 16.8 Å². The van der Waals surface area contributed by atoms with Crippen molar-refractivity contribution in [2.45, 2.75) is 47.0 Å². The van der Waals surface area contributed by atoms with Gasteiger partial charge in [0.25, 0.3) is 0 Å². The van der Waals surface area contributed by atoms with Crippen LogP contribution in [0.15, 0.2) is 12.1 Å². The Bertz CT molecular complexity index is 549. The van der Waals surface area contributed by atoms with Crippen LogP contribution in [0.2, 0.25) is 5.02 Å². The SMILES string of the molecule is CCCCN(C)C(=O)CCN(C(C)=O)c1c(C)cc(C)cc1Cl. The summed E-state index contributed by atoms with van der Waals surface area (Å²) in [6.07, 6.45) is 2.33. The molecule has 0 heterocycles. The van der Waals surface area contributed by atoms with E-state index < -0.39 is 0 Å². The third-order valence-electron chi connectivity index (χ3n) is 3.87. The molecule has 0 saturated carbocycles. The molecule has 0 N–H and O–H groups in total. The molecule has 5 heteroatoms. The van der Waals surface area contributed by atoms with Crippen LogP contribution in [0.4, 0.5) is 5.69 Å². The van der Waals surface area contributed by atoms with Crippen molar-refractivity contribution >= 4 is 29.1 Å². The van der Waals surface area contributed by atoms with Crippen molar-refractivity contribution in [3.63, 3.8) is 0 Å². The van der Waals surface area contributed by atoms with Crippen molar-refractivity contribution in [3.05, 3.63) is 28.3 Å². The molecule has 0 fully saturated rings. The average molecular weight is 339 g/mol. The van der Waals surface area contributed by atoms with Crippen LogP contribution in [0.1, 0.15) is 44.2 Å². The predicted molar refractivity (Wildman–Crippen MR) is 96.1 cm³/mol. The Morgan fingerprint density at radius 1 is 1.17 bits per heavy atom. The summed E-state index contributed by atoms with van der Waals surface area (Å²) < 4.78 is 0. The Morgan fingerprint density at radius 2 is 1.83 bits per heavy atom. The van der Waals surface area contributed by atoms with Gasteiger partial charge < -0.3 is 9.80 Å². The first-order valence-electron chi connectivity index (χ1n) is 8.06. The van der Waals surface area contributed by atoms with Gasteiger partial charge in [-0.15, -0.1) is 0 Å². The number of hydrogen-bond acceptors (Lipinski definition) is 2. The maximum absolute atomic E-state index is 12.2. The molecule has 0 aliphatic heterocycles. The van der Waals surface area contributed by atoms with Crippen LogP contribution >= 0.6 is 11.6 Å². The number of aryl methyl sites for hydroxylation is 2. The van der Waals surface area contributed by atoms with Gasteiger partial charge in [-0.2, -0.15) is 0 Å². The number of carbonyl (C=O) groups is 2. The maximum atomic E-state index is 12.2. The number of unbranched alkanes of at least 4 members (excludes halogenated alkanes) is 1. The minimum Gasteiger partial charge on any atom is -0.346 e. The van der Waals surface area contributed by atoms with Crippen LogP contribution in [0.3, 0.4) is 0 Å². The lowest BCUT2D eigenvalue weighted by Crippen LogP contribution is -2.35. The average Bonchev–Trinajstić information content (AvgIpc) is 2.46. The third-order valence-corrected chi connectivity index (χ3v) is 4.16. The lowest BCUT2D eigenvalue weighted by atomic mass is 10.1. The zero-order chi connectivity index (χ0) is 17.6. The van der Waals surface area contributed by atoms with Gasteiger partial charge in [0.2, 0.25) is 11.8 Å². The van der Waals surface area contributed by atoms with E-state index in [0.717, 1.165) is 30.5 Å². The lowest BCUT2D eigenvalue weighted by molar-refractivity contribution is -0.129. The topological polar surface area (TPSA) is 40.6 Å². The quantitative estimate of drug-likeness (QED) is 0.755. The second-order valence-electron chi connectivity index (χ2n) is 6.00. The monoisotopic (exact) mass is 338 g/mol. The van der Waals surface area contributed by atoms with E-state index in [2.05, 4.69) is 6.92 Å². The van der Waals surface area contributed by atoms with Gasteiger partial charge in [0, 0.05) is 33.5 Å². The number of nitrogens with zero attached hydrogens (tertiary/aromatic N) is 2. The van der Waals surface area contributed by atoms with Gasteiger partial charge in [-0.05, 0) is 37.5 Å². The van der Waals surface area contributed by atoms with E-state index in [1.165, 1.54) is 6.92 Å². The van der Waals surface area contributed by atoms with E-state index in [9.17, 15) is 9.59 Å². The Balaban J connectivity index is 2.86. The summed E-state index contributed by atoms with van der Waals surface area (Å²) in [5.41, 5.74) is 2.70. The summed E-state index contributed by atoms with van der Waals surface area (Å²) in [6.45, 7) is 8.58. The molecule has 1 aromatic rings. The predicted octanol–water partition coefficient (Wildman–Crippen LogP) is 3.96. The van der Waals surface area contributed by atoms with Crippen LogP contribution in [0.25, 0.3) is 0 Å². The first-order valence-corrected chi connectivity index (χ1v) is 8.44. The highest BCUT2D eigenvalue weighted by molar-refractivity contribution is 6.34. The lowest BCUT2D eigenvalue weighted by Gasteiger charge is -2.25. The zero-order valence-electron chi connectivity index (χ0n) is 14.8. The minimum atomic E-state index is -0.108. The van der Waals surface area contributed by atoms with E-state index in [0.29, 0.717) is 23.7 Å². The second kappa shape index (κ2) is 8.92. The van der Waals surface area contributed by atoms with Gasteiger partial charge in [0.05, 0.1) is 10.7 Å². The van der Waals surface area contributed by atoms with Crippen LogP contribution in [-0.4, -0.2) is 36.9 Å². The van der Waals surface area contributed by atoms with E-state index >= 15 is 0 Å². The highest BCUT2D eigenvalue weighted by atomic mass is 35.5. The van der Waals surface area contributed by atoms with Gasteiger partial charge in [-0.25, -0.2) is 0 Å². The summed E-state index contributed by atoms with van der Waals surface area (Å²) in [5, 5.41) is 0.546. The molecule has 0 atom stereocenters. The van der Waals surface area contributed by atoms with E-state index in [1.807, 2.05) is 26.0 Å². The van der Waals surface area contributed by atoms with Crippen molar-refractivity contribution in [2.24, 2.45) is 0 Å². The highest BCUT2D eigenvalue weighted by Crippen LogP contribution is 2.31. The standard InChI is InChI=1S/C18H27ClN2O2/c1-6-7-9-20(5)17(23)8-10-21(15(4)22)18-14(3)11-13(2)12-16(18)19/h11-12H,6-10H2,1-5H3. The molecule has 1 rings (SSSR count). The zero-order valence-corrected chi connectivity index (χ0v) is 15.5.